The van der Waals surface area contributed by atoms with Crippen LogP contribution in [-0.4, -0.2) is 13.0 Å². The van der Waals surface area contributed by atoms with Gasteiger partial charge in [0.15, 0.2) is 0 Å². The molecule has 0 aromatic heterocycles. The highest BCUT2D eigenvalue weighted by molar-refractivity contribution is 9.10. The molecule has 0 fully saturated rings. The number of anilines is 1. The zero-order chi connectivity index (χ0) is 14.5. The van der Waals surface area contributed by atoms with Crippen molar-refractivity contribution in [2.24, 2.45) is 0 Å². The molecule has 0 aliphatic carbocycles. The van der Waals surface area contributed by atoms with Crippen LogP contribution in [-0.2, 0) is 6.54 Å². The van der Waals surface area contributed by atoms with Crippen LogP contribution in [0.5, 0.6) is 0 Å². The smallest absolute Gasteiger partial charge is 0.251 e. The first kappa shape index (κ1) is 14.6. The molecule has 0 radical (unpaired) electrons. The second kappa shape index (κ2) is 6.57. The monoisotopic (exact) mass is 332 g/mol. The third-order valence-electron chi connectivity index (χ3n) is 3.15. The second-order valence-electron chi connectivity index (χ2n) is 4.55. The lowest BCUT2D eigenvalue weighted by Crippen LogP contribution is -2.18. The molecule has 1 amide bonds. The SMILES string of the molecule is CNC(=O)c1ccc(C)c(NCc2ccccc2Br)c1. The van der Waals surface area contributed by atoms with Crippen molar-refractivity contribution in [1.82, 2.24) is 5.32 Å². The second-order valence-corrected chi connectivity index (χ2v) is 5.41. The summed E-state index contributed by atoms with van der Waals surface area (Å²) < 4.78 is 1.08. The van der Waals surface area contributed by atoms with Crippen LogP contribution in [0, 0.1) is 6.92 Å². The van der Waals surface area contributed by atoms with Gasteiger partial charge in [-0.2, -0.15) is 0 Å². The zero-order valence-electron chi connectivity index (χ0n) is 11.5. The molecule has 0 aliphatic rings. The van der Waals surface area contributed by atoms with Crippen LogP contribution in [0.3, 0.4) is 0 Å². The fourth-order valence-electron chi connectivity index (χ4n) is 1.93. The number of aryl methyl sites for hydroxylation is 1. The van der Waals surface area contributed by atoms with E-state index in [0.717, 1.165) is 15.7 Å². The van der Waals surface area contributed by atoms with Crippen molar-refractivity contribution in [2.75, 3.05) is 12.4 Å². The molecule has 0 unspecified atom stereocenters. The average Bonchev–Trinajstić information content (AvgIpc) is 2.47. The fraction of sp³-hybridized carbons (Fsp3) is 0.188. The van der Waals surface area contributed by atoms with Gasteiger partial charge >= 0.3 is 0 Å². The Morgan fingerprint density at radius 1 is 1.20 bits per heavy atom. The number of halogens is 1. The minimum Gasteiger partial charge on any atom is -0.381 e. The Balaban J connectivity index is 2.17. The highest BCUT2D eigenvalue weighted by Crippen LogP contribution is 2.21. The molecule has 2 aromatic carbocycles. The summed E-state index contributed by atoms with van der Waals surface area (Å²) >= 11 is 3.53. The predicted molar refractivity (Wildman–Crippen MR) is 86.0 cm³/mol. The fourth-order valence-corrected chi connectivity index (χ4v) is 2.36. The quantitative estimate of drug-likeness (QED) is 0.895. The van der Waals surface area contributed by atoms with Crippen LogP contribution in [0.25, 0.3) is 0 Å². The van der Waals surface area contributed by atoms with E-state index < -0.39 is 0 Å². The number of hydrogen-bond donors (Lipinski definition) is 2. The number of benzene rings is 2. The summed E-state index contributed by atoms with van der Waals surface area (Å²) in [5.41, 5.74) is 3.93. The summed E-state index contributed by atoms with van der Waals surface area (Å²) in [4.78, 5) is 11.7. The predicted octanol–water partition coefficient (Wildman–Crippen LogP) is 3.73. The van der Waals surface area contributed by atoms with E-state index >= 15 is 0 Å². The van der Waals surface area contributed by atoms with Crippen molar-refractivity contribution in [3.63, 3.8) is 0 Å². The van der Waals surface area contributed by atoms with Crippen LogP contribution in [0.2, 0.25) is 0 Å². The highest BCUT2D eigenvalue weighted by Gasteiger charge is 2.06. The molecule has 0 spiro atoms. The van der Waals surface area contributed by atoms with Gasteiger partial charge in [0.1, 0.15) is 0 Å². The van der Waals surface area contributed by atoms with Gasteiger partial charge in [0.25, 0.3) is 5.91 Å². The topological polar surface area (TPSA) is 41.1 Å². The van der Waals surface area contributed by atoms with Gasteiger partial charge in [0.05, 0.1) is 0 Å². The van der Waals surface area contributed by atoms with Gasteiger partial charge < -0.3 is 10.6 Å². The standard InChI is InChI=1S/C16H17BrN2O/c1-11-7-8-12(16(20)18-2)9-15(11)19-10-13-5-3-4-6-14(13)17/h3-9,19H,10H2,1-2H3,(H,18,20). The average molecular weight is 333 g/mol. The van der Waals surface area contributed by atoms with Crippen LogP contribution in [0.4, 0.5) is 5.69 Å². The van der Waals surface area contributed by atoms with E-state index in [2.05, 4.69) is 32.6 Å². The Bertz CT molecular complexity index is 626. The number of hydrogen-bond acceptors (Lipinski definition) is 2. The van der Waals surface area contributed by atoms with Gasteiger partial charge in [-0.15, -0.1) is 0 Å². The van der Waals surface area contributed by atoms with Gasteiger partial charge in [-0.3, -0.25) is 4.79 Å². The van der Waals surface area contributed by atoms with Crippen LogP contribution in [0.1, 0.15) is 21.5 Å². The Hall–Kier alpha value is -1.81. The van der Waals surface area contributed by atoms with E-state index in [4.69, 9.17) is 0 Å². The highest BCUT2D eigenvalue weighted by atomic mass is 79.9. The molecule has 2 rings (SSSR count). The van der Waals surface area contributed by atoms with Crippen molar-refractivity contribution in [2.45, 2.75) is 13.5 Å². The minimum absolute atomic E-state index is 0.0751. The Kier molecular flexibility index (Phi) is 4.79. The van der Waals surface area contributed by atoms with Crippen molar-refractivity contribution in [1.29, 1.82) is 0 Å². The molecular formula is C16H17BrN2O. The molecule has 2 N–H and O–H groups in total. The van der Waals surface area contributed by atoms with E-state index in [-0.39, 0.29) is 5.91 Å². The van der Waals surface area contributed by atoms with Crippen LogP contribution >= 0.6 is 15.9 Å². The maximum Gasteiger partial charge on any atom is 0.251 e. The van der Waals surface area contributed by atoms with E-state index in [0.29, 0.717) is 12.1 Å². The lowest BCUT2D eigenvalue weighted by molar-refractivity contribution is 0.0963. The molecule has 0 aliphatic heterocycles. The third kappa shape index (κ3) is 3.39. The summed E-state index contributed by atoms with van der Waals surface area (Å²) in [6.45, 7) is 2.73. The van der Waals surface area contributed by atoms with Gasteiger partial charge in [-0.25, -0.2) is 0 Å². The lowest BCUT2D eigenvalue weighted by Gasteiger charge is -2.12. The number of rotatable bonds is 4. The molecule has 2 aromatic rings. The van der Waals surface area contributed by atoms with Gasteiger partial charge in [-0.05, 0) is 36.2 Å². The molecule has 0 saturated heterocycles. The Morgan fingerprint density at radius 3 is 2.65 bits per heavy atom. The molecule has 0 atom stereocenters. The van der Waals surface area contributed by atoms with Crippen molar-refractivity contribution in [3.8, 4) is 0 Å². The molecule has 104 valence electrons. The summed E-state index contributed by atoms with van der Waals surface area (Å²) in [6.07, 6.45) is 0. The van der Waals surface area contributed by atoms with Crippen LogP contribution < -0.4 is 10.6 Å². The van der Waals surface area contributed by atoms with Crippen molar-refractivity contribution >= 4 is 27.5 Å². The first-order valence-corrected chi connectivity index (χ1v) is 7.21. The number of carbonyl (C=O) groups is 1. The minimum atomic E-state index is -0.0751. The van der Waals surface area contributed by atoms with Crippen molar-refractivity contribution < 1.29 is 4.79 Å². The Labute approximate surface area is 127 Å². The molecular weight excluding hydrogens is 316 g/mol. The molecule has 0 heterocycles. The molecule has 20 heavy (non-hydrogen) atoms. The Morgan fingerprint density at radius 2 is 1.95 bits per heavy atom. The van der Waals surface area contributed by atoms with E-state index in [1.54, 1.807) is 7.05 Å². The van der Waals surface area contributed by atoms with Gasteiger partial charge in [-0.1, -0.05) is 40.2 Å². The lowest BCUT2D eigenvalue weighted by atomic mass is 10.1. The van der Waals surface area contributed by atoms with Crippen molar-refractivity contribution in [3.05, 3.63) is 63.6 Å². The summed E-state index contributed by atoms with van der Waals surface area (Å²) in [5.74, 6) is -0.0751. The molecule has 4 heteroatoms. The summed E-state index contributed by atoms with van der Waals surface area (Å²) in [5, 5.41) is 6.02. The van der Waals surface area contributed by atoms with E-state index in [1.807, 2.05) is 43.3 Å². The summed E-state index contributed by atoms with van der Waals surface area (Å²) in [6, 6.07) is 13.7. The molecule has 0 saturated carbocycles. The van der Waals surface area contributed by atoms with Gasteiger partial charge in [0, 0.05) is 29.3 Å². The molecule has 3 nitrogen and oxygen atoms in total. The van der Waals surface area contributed by atoms with Crippen LogP contribution in [0.15, 0.2) is 46.9 Å². The number of nitrogens with one attached hydrogen (secondary N) is 2. The first-order valence-electron chi connectivity index (χ1n) is 6.42. The first-order chi connectivity index (χ1) is 9.61. The zero-order valence-corrected chi connectivity index (χ0v) is 13.1. The molecule has 0 bridgehead atoms. The number of amides is 1. The number of carbonyl (C=O) groups excluding carboxylic acids is 1. The maximum absolute atomic E-state index is 11.7. The normalized spacial score (nSPS) is 10.2. The summed E-state index contributed by atoms with van der Waals surface area (Å²) in [7, 11) is 1.64. The largest absolute Gasteiger partial charge is 0.381 e. The van der Waals surface area contributed by atoms with E-state index in [1.165, 1.54) is 5.56 Å². The van der Waals surface area contributed by atoms with Gasteiger partial charge in [0.2, 0.25) is 0 Å². The maximum atomic E-state index is 11.7. The third-order valence-corrected chi connectivity index (χ3v) is 3.93. The van der Waals surface area contributed by atoms with E-state index in [9.17, 15) is 4.79 Å².